The zero-order valence-corrected chi connectivity index (χ0v) is 10.9. The monoisotopic (exact) mass is 257 g/mol. The van der Waals surface area contributed by atoms with Crippen molar-refractivity contribution >= 4 is 5.69 Å². The van der Waals surface area contributed by atoms with Crippen molar-refractivity contribution in [1.82, 2.24) is 4.57 Å². The molecule has 0 aliphatic heterocycles. The molecule has 2 rings (SSSR count). The molecule has 0 saturated carbocycles. The predicted molar refractivity (Wildman–Crippen MR) is 73.2 cm³/mol. The van der Waals surface area contributed by atoms with Crippen LogP contribution in [-0.4, -0.2) is 4.57 Å². The lowest BCUT2D eigenvalue weighted by Gasteiger charge is -2.10. The summed E-state index contributed by atoms with van der Waals surface area (Å²) in [5.41, 5.74) is 1.99. The first-order valence-corrected chi connectivity index (χ1v) is 6.32. The third-order valence-corrected chi connectivity index (χ3v) is 2.95. The van der Waals surface area contributed by atoms with Gasteiger partial charge in [-0.05, 0) is 36.8 Å². The molecule has 2 aromatic rings. The third-order valence-electron chi connectivity index (χ3n) is 2.95. The van der Waals surface area contributed by atoms with Gasteiger partial charge in [0.2, 0.25) is 0 Å². The topological polar surface area (TPSA) is 40.8 Å². The van der Waals surface area contributed by atoms with E-state index in [1.807, 2.05) is 18.3 Å². The maximum absolute atomic E-state index is 13.2. The quantitative estimate of drug-likeness (QED) is 0.890. The van der Waals surface area contributed by atoms with Gasteiger partial charge in [-0.1, -0.05) is 6.92 Å². The molecule has 0 aliphatic carbocycles. The van der Waals surface area contributed by atoms with E-state index in [0.717, 1.165) is 18.7 Å². The highest BCUT2D eigenvalue weighted by molar-refractivity contribution is 5.49. The SMILES string of the molecule is CCCn1cccc1CNc1ccc(F)c(C#N)c1. The average molecular weight is 257 g/mol. The molecule has 0 aliphatic rings. The molecule has 1 N–H and O–H groups in total. The molecule has 0 amide bonds. The van der Waals surface area contributed by atoms with Crippen molar-refractivity contribution in [1.29, 1.82) is 5.26 Å². The van der Waals surface area contributed by atoms with E-state index in [0.29, 0.717) is 6.54 Å². The summed E-state index contributed by atoms with van der Waals surface area (Å²) in [4.78, 5) is 0. The lowest BCUT2D eigenvalue weighted by molar-refractivity contribution is 0.624. The van der Waals surface area contributed by atoms with Crippen LogP contribution in [0.2, 0.25) is 0 Å². The fourth-order valence-electron chi connectivity index (χ4n) is 1.98. The number of halogens is 1. The van der Waals surface area contributed by atoms with Crippen molar-refractivity contribution in [2.75, 3.05) is 5.32 Å². The maximum Gasteiger partial charge on any atom is 0.141 e. The second kappa shape index (κ2) is 6.05. The maximum atomic E-state index is 13.2. The minimum Gasteiger partial charge on any atom is -0.379 e. The highest BCUT2D eigenvalue weighted by Gasteiger charge is 2.04. The molecule has 1 aromatic carbocycles. The predicted octanol–water partition coefficient (Wildman–Crippen LogP) is 3.52. The molecule has 0 bridgehead atoms. The summed E-state index contributed by atoms with van der Waals surface area (Å²) < 4.78 is 15.4. The van der Waals surface area contributed by atoms with Crippen molar-refractivity contribution in [2.24, 2.45) is 0 Å². The van der Waals surface area contributed by atoms with Crippen LogP contribution < -0.4 is 5.32 Å². The first-order valence-electron chi connectivity index (χ1n) is 6.32. The van der Waals surface area contributed by atoms with Gasteiger partial charge < -0.3 is 9.88 Å². The van der Waals surface area contributed by atoms with Crippen molar-refractivity contribution < 1.29 is 4.39 Å². The van der Waals surface area contributed by atoms with Crippen molar-refractivity contribution in [3.8, 4) is 6.07 Å². The second-order valence-electron chi connectivity index (χ2n) is 4.35. The Balaban J connectivity index is 2.06. The number of anilines is 1. The number of nitrogens with zero attached hydrogens (tertiary/aromatic N) is 2. The number of nitrogens with one attached hydrogen (secondary N) is 1. The molecule has 0 radical (unpaired) electrons. The number of benzene rings is 1. The van der Waals surface area contributed by atoms with Gasteiger partial charge in [0.15, 0.2) is 0 Å². The Hall–Kier alpha value is -2.28. The van der Waals surface area contributed by atoms with E-state index >= 15 is 0 Å². The minimum absolute atomic E-state index is 0.0638. The molecule has 0 unspecified atom stereocenters. The Morgan fingerprint density at radius 2 is 2.21 bits per heavy atom. The molecule has 1 heterocycles. The van der Waals surface area contributed by atoms with Gasteiger partial charge in [-0.3, -0.25) is 0 Å². The summed E-state index contributed by atoms with van der Waals surface area (Å²) >= 11 is 0. The van der Waals surface area contributed by atoms with Gasteiger partial charge in [0.1, 0.15) is 11.9 Å². The summed E-state index contributed by atoms with van der Waals surface area (Å²) in [6.07, 6.45) is 3.13. The smallest absolute Gasteiger partial charge is 0.141 e. The summed E-state index contributed by atoms with van der Waals surface area (Å²) in [6.45, 7) is 3.77. The largest absolute Gasteiger partial charge is 0.379 e. The lowest BCUT2D eigenvalue weighted by Crippen LogP contribution is -2.07. The molecular formula is C15H16FN3. The van der Waals surface area contributed by atoms with Gasteiger partial charge >= 0.3 is 0 Å². The van der Waals surface area contributed by atoms with Gasteiger partial charge in [-0.2, -0.15) is 5.26 Å². The molecule has 0 fully saturated rings. The highest BCUT2D eigenvalue weighted by Crippen LogP contribution is 2.15. The van der Waals surface area contributed by atoms with Crippen LogP contribution in [0, 0.1) is 17.1 Å². The Labute approximate surface area is 112 Å². The average Bonchev–Trinajstić information content (AvgIpc) is 2.86. The molecular weight excluding hydrogens is 241 g/mol. The van der Waals surface area contributed by atoms with Crippen LogP contribution in [0.3, 0.4) is 0 Å². The highest BCUT2D eigenvalue weighted by atomic mass is 19.1. The number of nitriles is 1. The summed E-state index contributed by atoms with van der Waals surface area (Å²) in [5, 5.41) is 12.0. The van der Waals surface area contributed by atoms with E-state index in [1.54, 1.807) is 6.07 Å². The fraction of sp³-hybridized carbons (Fsp3) is 0.267. The molecule has 19 heavy (non-hydrogen) atoms. The van der Waals surface area contributed by atoms with E-state index in [9.17, 15) is 4.39 Å². The van der Waals surface area contributed by atoms with E-state index in [2.05, 4.69) is 22.9 Å². The lowest BCUT2D eigenvalue weighted by atomic mass is 10.2. The molecule has 0 saturated heterocycles. The zero-order chi connectivity index (χ0) is 13.7. The Kier molecular flexibility index (Phi) is 4.19. The normalized spacial score (nSPS) is 10.2. The minimum atomic E-state index is -0.484. The number of aryl methyl sites for hydroxylation is 1. The van der Waals surface area contributed by atoms with Crippen LogP contribution in [0.5, 0.6) is 0 Å². The van der Waals surface area contributed by atoms with Crippen LogP contribution in [0.25, 0.3) is 0 Å². The van der Waals surface area contributed by atoms with Gasteiger partial charge in [-0.15, -0.1) is 0 Å². The van der Waals surface area contributed by atoms with Crippen molar-refractivity contribution in [3.05, 3.63) is 53.6 Å². The second-order valence-corrected chi connectivity index (χ2v) is 4.35. The number of hydrogen-bond donors (Lipinski definition) is 1. The van der Waals surface area contributed by atoms with Gasteiger partial charge in [0.25, 0.3) is 0 Å². The Bertz CT molecular complexity index is 596. The fourth-order valence-corrected chi connectivity index (χ4v) is 1.98. The van der Waals surface area contributed by atoms with Gasteiger partial charge in [0, 0.05) is 24.1 Å². The molecule has 0 atom stereocenters. The summed E-state index contributed by atoms with van der Waals surface area (Å²) in [5.74, 6) is -0.484. The number of aromatic nitrogens is 1. The standard InChI is InChI=1S/C15H16FN3/c1-2-7-19-8-3-4-14(19)11-18-13-5-6-15(16)12(9-13)10-17/h3-6,8-9,18H,2,7,11H2,1H3. The first-order chi connectivity index (χ1) is 9.24. The summed E-state index contributed by atoms with van der Waals surface area (Å²) in [6, 6.07) is 10.4. The van der Waals surface area contributed by atoms with Gasteiger partial charge in [-0.25, -0.2) is 4.39 Å². The number of rotatable bonds is 5. The van der Waals surface area contributed by atoms with E-state index in [-0.39, 0.29) is 5.56 Å². The zero-order valence-electron chi connectivity index (χ0n) is 10.9. The molecule has 4 heteroatoms. The Morgan fingerprint density at radius 3 is 2.95 bits per heavy atom. The molecule has 3 nitrogen and oxygen atoms in total. The third kappa shape index (κ3) is 3.14. The van der Waals surface area contributed by atoms with E-state index in [1.165, 1.54) is 17.8 Å². The number of hydrogen-bond acceptors (Lipinski definition) is 2. The van der Waals surface area contributed by atoms with Crippen LogP contribution in [-0.2, 0) is 13.1 Å². The molecule has 0 spiro atoms. The van der Waals surface area contributed by atoms with Crippen molar-refractivity contribution in [2.45, 2.75) is 26.4 Å². The molecule has 98 valence electrons. The van der Waals surface area contributed by atoms with Gasteiger partial charge in [0.05, 0.1) is 12.1 Å². The van der Waals surface area contributed by atoms with Crippen molar-refractivity contribution in [3.63, 3.8) is 0 Å². The van der Waals surface area contributed by atoms with E-state index in [4.69, 9.17) is 5.26 Å². The van der Waals surface area contributed by atoms with Crippen LogP contribution in [0.4, 0.5) is 10.1 Å². The summed E-state index contributed by atoms with van der Waals surface area (Å²) in [7, 11) is 0. The first kappa shape index (κ1) is 13.2. The Morgan fingerprint density at radius 1 is 1.37 bits per heavy atom. The molecule has 1 aromatic heterocycles. The van der Waals surface area contributed by atoms with Crippen LogP contribution >= 0.6 is 0 Å². The van der Waals surface area contributed by atoms with Crippen LogP contribution in [0.1, 0.15) is 24.6 Å². The van der Waals surface area contributed by atoms with Crippen LogP contribution in [0.15, 0.2) is 36.5 Å². The van der Waals surface area contributed by atoms with E-state index < -0.39 is 5.82 Å².